The predicted octanol–water partition coefficient (Wildman–Crippen LogP) is 3.91. The van der Waals surface area contributed by atoms with Crippen molar-refractivity contribution in [3.8, 4) is 0 Å². The first-order valence-corrected chi connectivity index (χ1v) is 8.18. The summed E-state index contributed by atoms with van der Waals surface area (Å²) in [5.41, 5.74) is 2.90. The lowest BCUT2D eigenvalue weighted by Gasteiger charge is -2.42. The normalized spacial score (nSPS) is 25.6. The maximum absolute atomic E-state index is 3.69. The fourth-order valence-electron chi connectivity index (χ4n) is 3.53. The van der Waals surface area contributed by atoms with Crippen LogP contribution in [0.15, 0.2) is 24.3 Å². The van der Waals surface area contributed by atoms with Gasteiger partial charge >= 0.3 is 0 Å². The monoisotopic (exact) mass is 274 g/mol. The van der Waals surface area contributed by atoms with Gasteiger partial charge < -0.3 is 5.32 Å². The van der Waals surface area contributed by atoms with E-state index >= 15 is 0 Å². The standard InChI is InChI=1S/C18H30N2/c1-5-11-19-17-10-12-20(15(3)13-17)16(4)18-9-7-6-8-14(18)2/h6-9,15-17,19H,5,10-13H2,1-4H3. The highest BCUT2D eigenvalue weighted by atomic mass is 15.2. The fraction of sp³-hybridized carbons (Fsp3) is 0.667. The van der Waals surface area contributed by atoms with Crippen LogP contribution in [-0.4, -0.2) is 30.1 Å². The van der Waals surface area contributed by atoms with Gasteiger partial charge in [0, 0.05) is 24.7 Å². The summed E-state index contributed by atoms with van der Waals surface area (Å²) in [6, 6.07) is 10.7. The van der Waals surface area contributed by atoms with Gasteiger partial charge in [0.2, 0.25) is 0 Å². The van der Waals surface area contributed by atoms with E-state index in [-0.39, 0.29) is 0 Å². The molecule has 1 saturated heterocycles. The van der Waals surface area contributed by atoms with E-state index in [0.29, 0.717) is 18.1 Å². The molecule has 20 heavy (non-hydrogen) atoms. The Balaban J connectivity index is 1.98. The van der Waals surface area contributed by atoms with Gasteiger partial charge in [-0.25, -0.2) is 0 Å². The van der Waals surface area contributed by atoms with E-state index < -0.39 is 0 Å². The number of benzene rings is 1. The van der Waals surface area contributed by atoms with Gasteiger partial charge in [0.1, 0.15) is 0 Å². The second-order valence-corrected chi connectivity index (χ2v) is 6.29. The van der Waals surface area contributed by atoms with Gasteiger partial charge in [-0.3, -0.25) is 4.90 Å². The maximum Gasteiger partial charge on any atom is 0.0325 e. The van der Waals surface area contributed by atoms with Crippen LogP contribution in [0.25, 0.3) is 0 Å². The van der Waals surface area contributed by atoms with Crippen LogP contribution >= 0.6 is 0 Å². The van der Waals surface area contributed by atoms with Crippen molar-refractivity contribution in [2.75, 3.05) is 13.1 Å². The molecule has 3 atom stereocenters. The van der Waals surface area contributed by atoms with Crippen molar-refractivity contribution in [1.82, 2.24) is 10.2 Å². The molecular formula is C18H30N2. The molecule has 0 amide bonds. The Morgan fingerprint density at radius 1 is 1.35 bits per heavy atom. The molecule has 2 heteroatoms. The number of hydrogen-bond acceptors (Lipinski definition) is 2. The quantitative estimate of drug-likeness (QED) is 0.876. The molecule has 0 aromatic heterocycles. The Morgan fingerprint density at radius 2 is 2.10 bits per heavy atom. The van der Waals surface area contributed by atoms with E-state index in [9.17, 15) is 0 Å². The van der Waals surface area contributed by atoms with E-state index in [0.717, 1.165) is 6.54 Å². The van der Waals surface area contributed by atoms with Crippen LogP contribution in [0, 0.1) is 6.92 Å². The number of nitrogens with one attached hydrogen (secondary N) is 1. The van der Waals surface area contributed by atoms with Crippen LogP contribution in [0.4, 0.5) is 0 Å². The lowest BCUT2D eigenvalue weighted by Crippen LogP contribution is -2.48. The Bertz CT molecular complexity index is 416. The molecule has 1 N–H and O–H groups in total. The second-order valence-electron chi connectivity index (χ2n) is 6.29. The largest absolute Gasteiger partial charge is 0.314 e. The summed E-state index contributed by atoms with van der Waals surface area (Å²) >= 11 is 0. The highest BCUT2D eigenvalue weighted by Crippen LogP contribution is 2.29. The molecular weight excluding hydrogens is 244 g/mol. The molecule has 2 rings (SSSR count). The third-order valence-electron chi connectivity index (χ3n) is 4.75. The smallest absolute Gasteiger partial charge is 0.0325 e. The lowest BCUT2D eigenvalue weighted by molar-refractivity contribution is 0.0953. The van der Waals surface area contributed by atoms with Crippen molar-refractivity contribution >= 4 is 0 Å². The van der Waals surface area contributed by atoms with Crippen molar-refractivity contribution in [3.05, 3.63) is 35.4 Å². The molecule has 0 aliphatic carbocycles. The molecule has 0 spiro atoms. The van der Waals surface area contributed by atoms with Crippen molar-refractivity contribution < 1.29 is 0 Å². The fourth-order valence-corrected chi connectivity index (χ4v) is 3.53. The highest BCUT2D eigenvalue weighted by molar-refractivity contribution is 5.28. The summed E-state index contributed by atoms with van der Waals surface area (Å²) in [7, 11) is 0. The van der Waals surface area contributed by atoms with Crippen LogP contribution in [-0.2, 0) is 0 Å². The van der Waals surface area contributed by atoms with Crippen LogP contribution in [0.1, 0.15) is 57.2 Å². The molecule has 2 nitrogen and oxygen atoms in total. The highest BCUT2D eigenvalue weighted by Gasteiger charge is 2.29. The SMILES string of the molecule is CCCNC1CCN(C(C)c2ccccc2C)C(C)C1. The molecule has 1 fully saturated rings. The number of hydrogen-bond donors (Lipinski definition) is 1. The van der Waals surface area contributed by atoms with Crippen LogP contribution in [0.5, 0.6) is 0 Å². The summed E-state index contributed by atoms with van der Waals surface area (Å²) in [5.74, 6) is 0. The number of likely N-dealkylation sites (tertiary alicyclic amines) is 1. The summed E-state index contributed by atoms with van der Waals surface area (Å²) in [5, 5.41) is 3.69. The summed E-state index contributed by atoms with van der Waals surface area (Å²) in [6.07, 6.45) is 3.78. The van der Waals surface area contributed by atoms with E-state index in [1.54, 1.807) is 0 Å². The Labute approximate surface area is 124 Å². The van der Waals surface area contributed by atoms with Gasteiger partial charge in [-0.05, 0) is 57.7 Å². The average Bonchev–Trinajstić information content (AvgIpc) is 2.45. The first-order valence-electron chi connectivity index (χ1n) is 8.18. The van der Waals surface area contributed by atoms with Crippen LogP contribution in [0.3, 0.4) is 0 Å². The first-order chi connectivity index (χ1) is 9.63. The topological polar surface area (TPSA) is 15.3 Å². The molecule has 112 valence electrons. The average molecular weight is 274 g/mol. The number of piperidine rings is 1. The molecule has 1 aliphatic heterocycles. The van der Waals surface area contributed by atoms with Gasteiger partial charge in [-0.2, -0.15) is 0 Å². The molecule has 1 aromatic carbocycles. The Hall–Kier alpha value is -0.860. The lowest BCUT2D eigenvalue weighted by atomic mass is 9.93. The van der Waals surface area contributed by atoms with E-state index in [4.69, 9.17) is 0 Å². The Kier molecular flexibility index (Phi) is 5.62. The zero-order valence-corrected chi connectivity index (χ0v) is 13.5. The second kappa shape index (κ2) is 7.24. The Morgan fingerprint density at radius 3 is 2.75 bits per heavy atom. The minimum absolute atomic E-state index is 0.526. The molecule has 1 aromatic rings. The third-order valence-corrected chi connectivity index (χ3v) is 4.75. The van der Waals surface area contributed by atoms with E-state index in [1.807, 2.05) is 0 Å². The van der Waals surface area contributed by atoms with Crippen molar-refractivity contribution in [1.29, 1.82) is 0 Å². The summed E-state index contributed by atoms with van der Waals surface area (Å²) in [4.78, 5) is 2.67. The zero-order chi connectivity index (χ0) is 14.5. The van der Waals surface area contributed by atoms with Gasteiger partial charge in [0.15, 0.2) is 0 Å². The molecule has 1 heterocycles. The van der Waals surface area contributed by atoms with Crippen LogP contribution < -0.4 is 5.32 Å². The number of rotatable bonds is 5. The summed E-state index contributed by atoms with van der Waals surface area (Å²) in [6.45, 7) is 11.6. The van der Waals surface area contributed by atoms with Crippen molar-refractivity contribution in [2.24, 2.45) is 0 Å². The maximum atomic E-state index is 3.69. The molecule has 0 radical (unpaired) electrons. The molecule has 0 bridgehead atoms. The van der Waals surface area contributed by atoms with Gasteiger partial charge in [0.05, 0.1) is 0 Å². The number of nitrogens with zero attached hydrogens (tertiary/aromatic N) is 1. The first kappa shape index (κ1) is 15.5. The van der Waals surface area contributed by atoms with Gasteiger partial charge in [0.25, 0.3) is 0 Å². The third kappa shape index (κ3) is 3.62. The number of aryl methyl sites for hydroxylation is 1. The minimum atomic E-state index is 0.526. The van der Waals surface area contributed by atoms with Crippen molar-refractivity contribution in [2.45, 2.75) is 65.1 Å². The predicted molar refractivity (Wildman–Crippen MR) is 87.1 cm³/mol. The van der Waals surface area contributed by atoms with Gasteiger partial charge in [-0.1, -0.05) is 31.2 Å². The molecule has 0 saturated carbocycles. The van der Waals surface area contributed by atoms with Crippen molar-refractivity contribution in [3.63, 3.8) is 0 Å². The minimum Gasteiger partial charge on any atom is -0.314 e. The van der Waals surface area contributed by atoms with Gasteiger partial charge in [-0.15, -0.1) is 0 Å². The zero-order valence-electron chi connectivity index (χ0n) is 13.5. The molecule has 1 aliphatic rings. The summed E-state index contributed by atoms with van der Waals surface area (Å²) < 4.78 is 0. The van der Waals surface area contributed by atoms with E-state index in [2.05, 4.69) is 62.2 Å². The van der Waals surface area contributed by atoms with E-state index in [1.165, 1.54) is 36.9 Å². The molecule has 3 unspecified atom stereocenters. The van der Waals surface area contributed by atoms with Crippen LogP contribution in [0.2, 0.25) is 0 Å².